The summed E-state index contributed by atoms with van der Waals surface area (Å²) in [5.74, 6) is -1.93. The molecule has 1 atom stereocenters. The van der Waals surface area contributed by atoms with E-state index >= 15 is 0 Å². The van der Waals surface area contributed by atoms with Gasteiger partial charge in [0.15, 0.2) is 0 Å². The van der Waals surface area contributed by atoms with Crippen molar-refractivity contribution in [1.29, 1.82) is 0 Å². The van der Waals surface area contributed by atoms with Crippen LogP contribution in [0.15, 0.2) is 35.4 Å². The predicted octanol–water partition coefficient (Wildman–Crippen LogP) is 2.99. The Kier molecular flexibility index (Phi) is 3.81. The fraction of sp³-hybridized carbons (Fsp3) is 0.278. The number of nitrogens with zero attached hydrogens (tertiary/aromatic N) is 2. The highest BCUT2D eigenvalue weighted by atomic mass is 35.5. The number of pyridine rings is 1. The number of rotatable bonds is 4. The molecule has 3 rings (SSSR count). The first-order chi connectivity index (χ1) is 14.9. The second kappa shape index (κ2) is 7.58. The Morgan fingerprint density at radius 1 is 1.59 bits per heavy atom. The van der Waals surface area contributed by atoms with E-state index in [1.807, 2.05) is 0 Å². The van der Waals surface area contributed by atoms with Crippen molar-refractivity contribution >= 4 is 29.0 Å². The van der Waals surface area contributed by atoms with E-state index in [0.29, 0.717) is 0 Å². The number of halogens is 3. The number of amidine groups is 1. The maximum absolute atomic E-state index is 14.5. The summed E-state index contributed by atoms with van der Waals surface area (Å²) in [5.41, 5.74) is 2.15. The highest BCUT2D eigenvalue weighted by Gasteiger charge is 2.38. The van der Waals surface area contributed by atoms with Crippen molar-refractivity contribution in [2.75, 3.05) is 25.2 Å². The third-order valence-corrected chi connectivity index (χ3v) is 4.03. The molecular weight excluding hydrogens is 378 g/mol. The molecule has 0 spiro atoms. The van der Waals surface area contributed by atoms with Gasteiger partial charge in [0, 0.05) is 21.5 Å². The van der Waals surface area contributed by atoms with Crippen LogP contribution in [0.1, 0.15) is 28.5 Å². The van der Waals surface area contributed by atoms with E-state index in [0.717, 1.165) is 18.2 Å². The van der Waals surface area contributed by atoms with Crippen LogP contribution >= 0.6 is 11.6 Å². The topological polar surface area (TPSA) is 89.6 Å². The molecule has 0 unspecified atom stereocenters. The third-order valence-electron chi connectivity index (χ3n) is 3.85. The van der Waals surface area contributed by atoms with E-state index in [2.05, 4.69) is 15.3 Å². The molecule has 9 heteroatoms. The van der Waals surface area contributed by atoms with Gasteiger partial charge in [0.2, 0.25) is 0 Å². The van der Waals surface area contributed by atoms with Gasteiger partial charge in [0.05, 0.1) is 14.4 Å². The number of ether oxygens (including phenoxy) is 1. The number of benzene rings is 1. The van der Waals surface area contributed by atoms with Crippen molar-refractivity contribution in [2.24, 2.45) is 10.7 Å². The van der Waals surface area contributed by atoms with Crippen LogP contribution in [0.4, 0.5) is 14.5 Å². The fourth-order valence-corrected chi connectivity index (χ4v) is 2.75. The number of alkyl halides is 1. The summed E-state index contributed by atoms with van der Waals surface area (Å²) in [7, 11) is 0. The zero-order valence-corrected chi connectivity index (χ0v) is 14.5. The Morgan fingerprint density at radius 3 is 3.11 bits per heavy atom. The van der Waals surface area contributed by atoms with Crippen molar-refractivity contribution in [3.63, 3.8) is 0 Å². The summed E-state index contributed by atoms with van der Waals surface area (Å²) in [4.78, 5) is 20.4. The zero-order chi connectivity index (χ0) is 23.8. The highest BCUT2D eigenvalue weighted by Crippen LogP contribution is 2.33. The molecule has 0 saturated carbocycles. The number of nitrogens with two attached hydrogens (primary N) is 1. The molecule has 0 bridgehead atoms. The summed E-state index contributed by atoms with van der Waals surface area (Å²) in [5, 5.41) is 1.81. The molecule has 1 amide bonds. The molecule has 2 heterocycles. The molecule has 1 aromatic heterocycles. The van der Waals surface area contributed by atoms with Gasteiger partial charge in [-0.1, -0.05) is 11.6 Å². The Morgan fingerprint density at radius 2 is 2.41 bits per heavy atom. The van der Waals surface area contributed by atoms with Gasteiger partial charge in [-0.3, -0.25) is 9.79 Å². The van der Waals surface area contributed by atoms with Gasteiger partial charge in [-0.2, -0.15) is 0 Å². The number of carbonyl (C=O) groups excluding carboxylic acids is 1. The second-order valence-electron chi connectivity index (χ2n) is 5.80. The van der Waals surface area contributed by atoms with Crippen molar-refractivity contribution in [2.45, 2.75) is 12.4 Å². The number of nitrogens with one attached hydrogen (secondary N) is 1. The Bertz CT molecular complexity index is 1120. The average molecular weight is 400 g/mol. The van der Waals surface area contributed by atoms with Crippen LogP contribution in [-0.2, 0) is 10.3 Å². The molecule has 0 fully saturated rings. The molecule has 1 aromatic carbocycles. The lowest BCUT2D eigenvalue weighted by Gasteiger charge is -2.31. The first-order valence-corrected chi connectivity index (χ1v) is 8.04. The van der Waals surface area contributed by atoms with E-state index in [1.54, 1.807) is 0 Å². The molecule has 0 saturated heterocycles. The highest BCUT2D eigenvalue weighted by molar-refractivity contribution is 6.30. The lowest BCUT2D eigenvalue weighted by Crippen LogP contribution is -2.42. The Labute approximate surface area is 166 Å². The summed E-state index contributed by atoms with van der Waals surface area (Å²) in [6, 6.07) is 2.52. The third kappa shape index (κ3) is 3.91. The first kappa shape index (κ1) is 13.6. The fourth-order valence-electron chi connectivity index (χ4n) is 2.61. The second-order valence-corrected chi connectivity index (χ2v) is 6.17. The molecule has 27 heavy (non-hydrogen) atoms. The zero-order valence-electron chi connectivity index (χ0n) is 18.8. The maximum atomic E-state index is 14.5. The van der Waals surface area contributed by atoms with Crippen LogP contribution < -0.4 is 11.1 Å². The summed E-state index contributed by atoms with van der Waals surface area (Å²) in [6.45, 7) is -4.38. The number of anilines is 1. The van der Waals surface area contributed by atoms with Gasteiger partial charge in [-0.15, -0.1) is 0 Å². The van der Waals surface area contributed by atoms with E-state index < -0.39 is 59.3 Å². The van der Waals surface area contributed by atoms with E-state index in [-0.39, 0.29) is 30.3 Å². The van der Waals surface area contributed by atoms with Crippen LogP contribution in [0, 0.1) is 12.7 Å². The van der Waals surface area contributed by atoms with Gasteiger partial charge >= 0.3 is 0 Å². The quantitative estimate of drug-likeness (QED) is 0.827. The summed E-state index contributed by atoms with van der Waals surface area (Å²) >= 11 is 5.76. The van der Waals surface area contributed by atoms with E-state index in [1.165, 1.54) is 0 Å². The van der Waals surface area contributed by atoms with Crippen molar-refractivity contribution in [3.05, 3.63) is 58.1 Å². The smallest absolute Gasteiger partial charge is 0.274 e. The molecule has 0 radical (unpaired) electrons. The molecule has 142 valence electrons. The minimum atomic E-state index is -2.92. The van der Waals surface area contributed by atoms with Gasteiger partial charge in [0.1, 0.15) is 36.2 Å². The molecule has 1 aliphatic rings. The van der Waals surface area contributed by atoms with Gasteiger partial charge in [-0.25, -0.2) is 13.8 Å². The molecule has 6 nitrogen and oxygen atoms in total. The number of hydrogen-bond donors (Lipinski definition) is 2. The summed E-state index contributed by atoms with van der Waals surface area (Å²) in [6.07, 6.45) is -0.657. The molecule has 3 N–H and O–H groups in total. The lowest BCUT2D eigenvalue weighted by molar-refractivity contribution is 0.0809. The standard InChI is InChI=1S/C18H17ClF2N4O2/c1-10-4-11(19)6-23-16(10)17(26)24-12-2-3-14(21)13(5-12)18(8-20)9-27-7-15(22)25-18/h2-6H,7-9H2,1H3,(H2,22,25)(H,24,26)/t18-/m0/s1/i1D3,4D,6D. The molecule has 0 aliphatic carbocycles. The van der Waals surface area contributed by atoms with Crippen LogP contribution in [0.5, 0.6) is 0 Å². The SMILES string of the molecule is [2H]c1nc(C(=O)Nc2ccc(F)c([C@]3(CF)COCC(N)=N3)c2)c(C([2H])([2H])[2H])c([2H])c1Cl. The number of amides is 1. The predicted molar refractivity (Wildman–Crippen MR) is 98.4 cm³/mol. The normalized spacial score (nSPS) is 22.6. The van der Waals surface area contributed by atoms with Crippen LogP contribution in [0.2, 0.25) is 5.02 Å². The van der Waals surface area contributed by atoms with Gasteiger partial charge < -0.3 is 15.8 Å². The number of aliphatic imine (C=N–C) groups is 1. The maximum Gasteiger partial charge on any atom is 0.274 e. The van der Waals surface area contributed by atoms with Gasteiger partial charge in [0.25, 0.3) is 5.91 Å². The Balaban J connectivity index is 2.04. The van der Waals surface area contributed by atoms with Crippen LogP contribution in [0.25, 0.3) is 0 Å². The molecule has 1 aliphatic heterocycles. The number of hydrogen-bond acceptors (Lipinski definition) is 5. The summed E-state index contributed by atoms with van der Waals surface area (Å²) < 4.78 is 72.1. The van der Waals surface area contributed by atoms with Crippen molar-refractivity contribution in [3.8, 4) is 0 Å². The van der Waals surface area contributed by atoms with E-state index in [4.69, 9.17) is 28.9 Å². The molecular formula is C18H17ClF2N4O2. The number of carbonyl (C=O) groups is 1. The number of aromatic nitrogens is 1. The van der Waals surface area contributed by atoms with Crippen molar-refractivity contribution in [1.82, 2.24) is 4.98 Å². The monoisotopic (exact) mass is 399 g/mol. The Hall–Kier alpha value is -2.58. The van der Waals surface area contributed by atoms with Crippen LogP contribution in [0.3, 0.4) is 0 Å². The average Bonchev–Trinajstić information content (AvgIpc) is 2.71. The first-order valence-electron chi connectivity index (χ1n) is 10.2. The largest absolute Gasteiger partial charge is 0.385 e. The minimum absolute atomic E-state index is 0.0265. The van der Waals surface area contributed by atoms with Crippen molar-refractivity contribution < 1.29 is 25.2 Å². The lowest BCUT2D eigenvalue weighted by atomic mass is 9.91. The van der Waals surface area contributed by atoms with Gasteiger partial charge in [-0.05, 0) is 36.7 Å². The molecule has 2 aromatic rings. The minimum Gasteiger partial charge on any atom is -0.385 e. The van der Waals surface area contributed by atoms with E-state index in [9.17, 15) is 13.6 Å². The van der Waals surface area contributed by atoms with Crippen LogP contribution in [-0.4, -0.2) is 36.6 Å².